The predicted octanol–water partition coefficient (Wildman–Crippen LogP) is 2.31. The highest BCUT2D eigenvalue weighted by Gasteiger charge is 2.20. The number of aryl methyl sites for hydroxylation is 2. The zero-order valence-electron chi connectivity index (χ0n) is 12.1. The molecule has 1 aliphatic heterocycles. The molecule has 5 nitrogen and oxygen atoms in total. The minimum Gasteiger partial charge on any atom is -0.484 e. The maximum atomic E-state index is 6.04. The van der Waals surface area contributed by atoms with Gasteiger partial charge in [-0.3, -0.25) is 4.68 Å². The van der Waals surface area contributed by atoms with Gasteiger partial charge in [0.2, 0.25) is 0 Å². The predicted molar refractivity (Wildman–Crippen MR) is 81.0 cm³/mol. The van der Waals surface area contributed by atoms with Gasteiger partial charge in [-0.2, -0.15) is 5.10 Å². The summed E-state index contributed by atoms with van der Waals surface area (Å²) in [5.41, 5.74) is 1.99. The summed E-state index contributed by atoms with van der Waals surface area (Å²) in [6.07, 6.45) is 0.185. The molecule has 1 aromatic heterocycles. The Kier molecular flexibility index (Phi) is 4.03. The molecular formula is C15H18ClN3O2. The molecule has 0 spiro atoms. The SMILES string of the molecule is Cc1cc(COc2ccc(Cl)cc2OC2CNC2)n(C)n1. The molecule has 0 unspecified atom stereocenters. The molecule has 6 heteroatoms. The molecule has 21 heavy (non-hydrogen) atoms. The third-order valence-electron chi connectivity index (χ3n) is 3.42. The van der Waals surface area contributed by atoms with Crippen LogP contribution in [0.2, 0.25) is 5.02 Å². The summed E-state index contributed by atoms with van der Waals surface area (Å²) in [4.78, 5) is 0. The molecule has 0 aliphatic carbocycles. The number of hydrogen-bond donors (Lipinski definition) is 1. The van der Waals surface area contributed by atoms with Crippen LogP contribution in [0.15, 0.2) is 24.3 Å². The normalized spacial score (nSPS) is 14.8. The second-order valence-electron chi connectivity index (χ2n) is 5.18. The summed E-state index contributed by atoms with van der Waals surface area (Å²) in [6.45, 7) is 4.11. The van der Waals surface area contributed by atoms with Crippen LogP contribution in [-0.4, -0.2) is 29.0 Å². The largest absolute Gasteiger partial charge is 0.484 e. The van der Waals surface area contributed by atoms with Gasteiger partial charge in [0.05, 0.1) is 11.4 Å². The summed E-state index contributed by atoms with van der Waals surface area (Å²) in [7, 11) is 1.91. The van der Waals surface area contributed by atoms with Crippen LogP contribution < -0.4 is 14.8 Å². The lowest BCUT2D eigenvalue weighted by Crippen LogP contribution is -2.50. The molecule has 1 aliphatic rings. The number of halogens is 1. The highest BCUT2D eigenvalue weighted by atomic mass is 35.5. The van der Waals surface area contributed by atoms with E-state index in [1.807, 2.05) is 30.8 Å². The van der Waals surface area contributed by atoms with Gasteiger partial charge in [0, 0.05) is 31.2 Å². The summed E-state index contributed by atoms with van der Waals surface area (Å²) in [6, 6.07) is 7.44. The van der Waals surface area contributed by atoms with Crippen LogP contribution in [0.3, 0.4) is 0 Å². The molecule has 0 amide bonds. The first-order valence-corrected chi connectivity index (χ1v) is 7.29. The van der Waals surface area contributed by atoms with Crippen molar-refractivity contribution in [1.29, 1.82) is 0 Å². The van der Waals surface area contributed by atoms with E-state index in [2.05, 4.69) is 10.4 Å². The lowest BCUT2D eigenvalue weighted by Gasteiger charge is -2.28. The number of rotatable bonds is 5. The van der Waals surface area contributed by atoms with Gasteiger partial charge in [-0.05, 0) is 25.1 Å². The Balaban J connectivity index is 1.73. The molecule has 1 saturated heterocycles. The van der Waals surface area contributed by atoms with E-state index in [1.54, 1.807) is 12.1 Å². The molecule has 1 fully saturated rings. The van der Waals surface area contributed by atoms with Crippen molar-refractivity contribution < 1.29 is 9.47 Å². The Labute approximate surface area is 128 Å². The second kappa shape index (κ2) is 5.95. The third-order valence-corrected chi connectivity index (χ3v) is 3.65. The van der Waals surface area contributed by atoms with Crippen molar-refractivity contribution >= 4 is 11.6 Å². The van der Waals surface area contributed by atoms with Crippen LogP contribution in [0.5, 0.6) is 11.5 Å². The number of ether oxygens (including phenoxy) is 2. The Hall–Kier alpha value is -1.72. The quantitative estimate of drug-likeness (QED) is 0.921. The highest BCUT2D eigenvalue weighted by Crippen LogP contribution is 2.32. The zero-order chi connectivity index (χ0) is 14.8. The molecular weight excluding hydrogens is 290 g/mol. The van der Waals surface area contributed by atoms with Crippen LogP contribution in [0.4, 0.5) is 0 Å². The van der Waals surface area contributed by atoms with Gasteiger partial charge in [0.25, 0.3) is 0 Å². The molecule has 0 bridgehead atoms. The standard InChI is InChI=1S/C15H18ClN3O2/c1-10-5-12(19(2)18-10)9-20-14-4-3-11(16)6-15(14)21-13-7-17-8-13/h3-6,13,17H,7-9H2,1-2H3. The van der Waals surface area contributed by atoms with Gasteiger partial charge in [-0.25, -0.2) is 0 Å². The Morgan fingerprint density at radius 3 is 2.76 bits per heavy atom. The van der Waals surface area contributed by atoms with Crippen LogP contribution in [-0.2, 0) is 13.7 Å². The molecule has 1 N–H and O–H groups in total. The van der Waals surface area contributed by atoms with E-state index in [-0.39, 0.29) is 6.10 Å². The first kappa shape index (κ1) is 14.2. The zero-order valence-corrected chi connectivity index (χ0v) is 12.9. The van der Waals surface area contributed by atoms with Crippen molar-refractivity contribution in [2.75, 3.05) is 13.1 Å². The Bertz CT molecular complexity index is 638. The number of aromatic nitrogens is 2. The van der Waals surface area contributed by atoms with Crippen molar-refractivity contribution in [3.8, 4) is 11.5 Å². The van der Waals surface area contributed by atoms with Gasteiger partial charge in [-0.15, -0.1) is 0 Å². The number of nitrogens with zero attached hydrogens (tertiary/aromatic N) is 2. The molecule has 0 saturated carbocycles. The van der Waals surface area contributed by atoms with Crippen molar-refractivity contribution in [3.05, 3.63) is 40.7 Å². The maximum absolute atomic E-state index is 6.04. The lowest BCUT2D eigenvalue weighted by atomic mass is 10.2. The van der Waals surface area contributed by atoms with Crippen LogP contribution >= 0.6 is 11.6 Å². The fourth-order valence-electron chi connectivity index (χ4n) is 2.17. The van der Waals surface area contributed by atoms with E-state index in [1.165, 1.54) is 0 Å². The molecule has 112 valence electrons. The van der Waals surface area contributed by atoms with Crippen molar-refractivity contribution in [1.82, 2.24) is 15.1 Å². The van der Waals surface area contributed by atoms with E-state index in [0.29, 0.717) is 23.1 Å². The number of benzene rings is 1. The van der Waals surface area contributed by atoms with E-state index in [9.17, 15) is 0 Å². The molecule has 0 atom stereocenters. The maximum Gasteiger partial charge on any atom is 0.163 e. The molecule has 3 rings (SSSR count). The second-order valence-corrected chi connectivity index (χ2v) is 5.61. The first-order valence-electron chi connectivity index (χ1n) is 6.91. The summed E-state index contributed by atoms with van der Waals surface area (Å²) in [5, 5.41) is 8.12. The van der Waals surface area contributed by atoms with Crippen molar-refractivity contribution in [3.63, 3.8) is 0 Å². The fraction of sp³-hybridized carbons (Fsp3) is 0.400. The minimum absolute atomic E-state index is 0.185. The van der Waals surface area contributed by atoms with E-state index < -0.39 is 0 Å². The molecule has 2 heterocycles. The van der Waals surface area contributed by atoms with E-state index in [0.717, 1.165) is 24.5 Å². The topological polar surface area (TPSA) is 48.3 Å². The monoisotopic (exact) mass is 307 g/mol. The van der Waals surface area contributed by atoms with Crippen molar-refractivity contribution in [2.24, 2.45) is 7.05 Å². The van der Waals surface area contributed by atoms with Gasteiger partial charge in [0.15, 0.2) is 11.5 Å². The first-order chi connectivity index (χ1) is 10.1. The number of hydrogen-bond acceptors (Lipinski definition) is 4. The van der Waals surface area contributed by atoms with Crippen LogP contribution in [0.1, 0.15) is 11.4 Å². The number of nitrogens with one attached hydrogen (secondary N) is 1. The van der Waals surface area contributed by atoms with Gasteiger partial charge >= 0.3 is 0 Å². The van der Waals surface area contributed by atoms with Crippen LogP contribution in [0, 0.1) is 6.92 Å². The summed E-state index contributed by atoms with van der Waals surface area (Å²) < 4.78 is 13.6. The average molecular weight is 308 g/mol. The minimum atomic E-state index is 0.185. The average Bonchev–Trinajstić information content (AvgIpc) is 2.71. The van der Waals surface area contributed by atoms with E-state index >= 15 is 0 Å². The Morgan fingerprint density at radius 2 is 2.14 bits per heavy atom. The van der Waals surface area contributed by atoms with Crippen molar-refractivity contribution in [2.45, 2.75) is 19.6 Å². The molecule has 2 aromatic rings. The molecule has 0 radical (unpaired) electrons. The van der Waals surface area contributed by atoms with Gasteiger partial charge < -0.3 is 14.8 Å². The summed E-state index contributed by atoms with van der Waals surface area (Å²) >= 11 is 6.04. The fourth-order valence-corrected chi connectivity index (χ4v) is 2.33. The van der Waals surface area contributed by atoms with E-state index in [4.69, 9.17) is 21.1 Å². The smallest absolute Gasteiger partial charge is 0.163 e. The summed E-state index contributed by atoms with van der Waals surface area (Å²) in [5.74, 6) is 1.39. The van der Waals surface area contributed by atoms with Gasteiger partial charge in [0.1, 0.15) is 12.7 Å². The van der Waals surface area contributed by atoms with Gasteiger partial charge in [-0.1, -0.05) is 11.6 Å². The Morgan fingerprint density at radius 1 is 1.33 bits per heavy atom. The third kappa shape index (κ3) is 3.31. The molecule has 1 aromatic carbocycles. The highest BCUT2D eigenvalue weighted by molar-refractivity contribution is 6.30. The van der Waals surface area contributed by atoms with Crippen LogP contribution in [0.25, 0.3) is 0 Å². The lowest BCUT2D eigenvalue weighted by molar-refractivity contribution is 0.134.